The van der Waals surface area contributed by atoms with Crippen molar-refractivity contribution in [3.63, 3.8) is 0 Å². The summed E-state index contributed by atoms with van der Waals surface area (Å²) in [5, 5.41) is 3.64. The Morgan fingerprint density at radius 2 is 2.05 bits per heavy atom. The lowest BCUT2D eigenvalue weighted by Crippen LogP contribution is -2.28. The second kappa shape index (κ2) is 6.03. The molecule has 6 nitrogen and oxygen atoms in total. The standard InChI is InChI=1S/C11H8F5N5O/c1-6(8(13)11(14,15)16)2-22-10-7(12)9(18-4-19-10)21-5-17-3-20-21/h3-5,8H,1-2H2. The monoisotopic (exact) mass is 321 g/mol. The lowest BCUT2D eigenvalue weighted by Gasteiger charge is -2.15. The molecule has 0 N–H and O–H groups in total. The van der Waals surface area contributed by atoms with Crippen LogP contribution in [0, 0.1) is 5.82 Å². The molecule has 0 aliphatic carbocycles. The molecule has 0 saturated heterocycles. The van der Waals surface area contributed by atoms with Gasteiger partial charge in [0.25, 0.3) is 5.88 Å². The second-order valence-corrected chi connectivity index (χ2v) is 4.01. The van der Waals surface area contributed by atoms with Crippen molar-refractivity contribution in [2.75, 3.05) is 6.61 Å². The smallest absolute Gasteiger partial charge is 0.423 e. The summed E-state index contributed by atoms with van der Waals surface area (Å²) in [7, 11) is 0. The molecular formula is C11H8F5N5O. The van der Waals surface area contributed by atoms with E-state index in [1.54, 1.807) is 0 Å². The summed E-state index contributed by atoms with van der Waals surface area (Å²) in [6.07, 6.45) is -5.19. The van der Waals surface area contributed by atoms with E-state index in [0.717, 1.165) is 23.7 Å². The van der Waals surface area contributed by atoms with Crippen LogP contribution in [0.3, 0.4) is 0 Å². The van der Waals surface area contributed by atoms with Crippen LogP contribution in [0.25, 0.3) is 5.82 Å². The van der Waals surface area contributed by atoms with Crippen molar-refractivity contribution < 1.29 is 26.7 Å². The average molecular weight is 321 g/mol. The maximum atomic E-state index is 14.0. The third kappa shape index (κ3) is 3.35. The first-order chi connectivity index (χ1) is 10.3. The van der Waals surface area contributed by atoms with E-state index in [0.29, 0.717) is 0 Å². The minimum atomic E-state index is -5.10. The van der Waals surface area contributed by atoms with Crippen LogP contribution in [0.1, 0.15) is 0 Å². The molecule has 22 heavy (non-hydrogen) atoms. The van der Waals surface area contributed by atoms with Gasteiger partial charge >= 0.3 is 6.18 Å². The van der Waals surface area contributed by atoms with Gasteiger partial charge in [0.2, 0.25) is 12.0 Å². The number of hydrogen-bond acceptors (Lipinski definition) is 5. The normalized spacial score (nSPS) is 13.0. The molecule has 0 fully saturated rings. The summed E-state index contributed by atoms with van der Waals surface area (Å²) >= 11 is 0. The van der Waals surface area contributed by atoms with Gasteiger partial charge in [0.1, 0.15) is 25.6 Å². The SMILES string of the molecule is C=C(COc1ncnc(-n2cncn2)c1F)C(F)C(F)(F)F. The maximum absolute atomic E-state index is 14.0. The van der Waals surface area contributed by atoms with E-state index in [1.165, 1.54) is 0 Å². The minimum absolute atomic E-state index is 0.319. The van der Waals surface area contributed by atoms with Gasteiger partial charge in [-0.3, -0.25) is 0 Å². The van der Waals surface area contributed by atoms with Gasteiger partial charge in [0.15, 0.2) is 5.82 Å². The Morgan fingerprint density at radius 3 is 2.64 bits per heavy atom. The highest BCUT2D eigenvalue weighted by molar-refractivity contribution is 5.28. The van der Waals surface area contributed by atoms with Crippen molar-refractivity contribution >= 4 is 0 Å². The van der Waals surface area contributed by atoms with Crippen LogP contribution in [0.4, 0.5) is 22.0 Å². The first-order valence-corrected chi connectivity index (χ1v) is 5.67. The molecule has 2 aromatic rings. The molecule has 1 atom stereocenters. The van der Waals surface area contributed by atoms with Gasteiger partial charge in [-0.25, -0.2) is 14.4 Å². The van der Waals surface area contributed by atoms with Gasteiger partial charge < -0.3 is 4.74 Å². The topological polar surface area (TPSA) is 65.7 Å². The van der Waals surface area contributed by atoms with Crippen LogP contribution in [-0.4, -0.2) is 43.7 Å². The van der Waals surface area contributed by atoms with Gasteiger partial charge in [0, 0.05) is 5.57 Å². The molecule has 2 heterocycles. The Bertz CT molecular complexity index is 657. The van der Waals surface area contributed by atoms with E-state index >= 15 is 0 Å². The summed E-state index contributed by atoms with van der Waals surface area (Å²) in [5.41, 5.74) is -0.909. The van der Waals surface area contributed by atoms with E-state index in [-0.39, 0.29) is 5.82 Å². The molecule has 2 aromatic heterocycles. The highest BCUT2D eigenvalue weighted by atomic mass is 19.4. The van der Waals surface area contributed by atoms with Crippen LogP contribution < -0.4 is 4.74 Å². The second-order valence-electron chi connectivity index (χ2n) is 4.01. The molecule has 0 aliphatic heterocycles. The molecule has 0 aromatic carbocycles. The van der Waals surface area contributed by atoms with E-state index in [1.807, 2.05) is 0 Å². The Kier molecular flexibility index (Phi) is 4.33. The summed E-state index contributed by atoms with van der Waals surface area (Å²) < 4.78 is 69.1. The number of aromatic nitrogens is 5. The lowest BCUT2D eigenvalue weighted by molar-refractivity contribution is -0.170. The van der Waals surface area contributed by atoms with Crippen LogP contribution in [0.5, 0.6) is 5.88 Å². The van der Waals surface area contributed by atoms with Gasteiger partial charge in [-0.1, -0.05) is 6.58 Å². The molecule has 0 saturated carbocycles. The molecule has 2 rings (SSSR count). The number of nitrogens with zero attached hydrogens (tertiary/aromatic N) is 5. The average Bonchev–Trinajstić information content (AvgIpc) is 2.98. The predicted octanol–water partition coefficient (Wildman–Crippen LogP) is 2.03. The Balaban J connectivity index is 2.12. The minimum Gasteiger partial charge on any atom is -0.471 e. The maximum Gasteiger partial charge on any atom is 0.423 e. The van der Waals surface area contributed by atoms with Crippen molar-refractivity contribution in [2.45, 2.75) is 12.3 Å². The summed E-state index contributed by atoms with van der Waals surface area (Å²) in [6, 6.07) is 0. The fourth-order valence-corrected chi connectivity index (χ4v) is 1.39. The van der Waals surface area contributed by atoms with Crippen molar-refractivity contribution in [2.24, 2.45) is 0 Å². The van der Waals surface area contributed by atoms with E-state index in [9.17, 15) is 22.0 Å². The molecule has 1 unspecified atom stereocenters. The van der Waals surface area contributed by atoms with Gasteiger partial charge in [-0.15, -0.1) is 0 Å². The number of halogens is 5. The zero-order valence-corrected chi connectivity index (χ0v) is 10.8. The largest absolute Gasteiger partial charge is 0.471 e. The first-order valence-electron chi connectivity index (χ1n) is 5.67. The number of alkyl halides is 4. The molecule has 0 bridgehead atoms. The lowest BCUT2D eigenvalue weighted by atomic mass is 10.2. The molecule has 0 radical (unpaired) electrons. The van der Waals surface area contributed by atoms with E-state index < -0.39 is 36.2 Å². The number of rotatable bonds is 5. The summed E-state index contributed by atoms with van der Waals surface area (Å²) in [5.74, 6) is -2.06. The number of ether oxygens (including phenoxy) is 1. The van der Waals surface area contributed by atoms with Crippen LogP contribution in [0.15, 0.2) is 31.1 Å². The van der Waals surface area contributed by atoms with Crippen LogP contribution in [0.2, 0.25) is 0 Å². The molecular weight excluding hydrogens is 313 g/mol. The fraction of sp³-hybridized carbons (Fsp3) is 0.273. The van der Waals surface area contributed by atoms with Crippen molar-refractivity contribution in [1.82, 2.24) is 24.7 Å². The zero-order valence-electron chi connectivity index (χ0n) is 10.8. The molecule has 0 aliphatic rings. The quantitative estimate of drug-likeness (QED) is 0.623. The summed E-state index contributed by atoms with van der Waals surface area (Å²) in [4.78, 5) is 10.6. The Morgan fingerprint density at radius 1 is 1.32 bits per heavy atom. The Hall–Kier alpha value is -2.59. The van der Waals surface area contributed by atoms with E-state index in [2.05, 4.69) is 26.6 Å². The summed E-state index contributed by atoms with van der Waals surface area (Å²) in [6.45, 7) is 2.03. The molecule has 0 spiro atoms. The zero-order chi connectivity index (χ0) is 16.3. The van der Waals surface area contributed by atoms with Crippen molar-refractivity contribution in [3.05, 3.63) is 37.0 Å². The Labute approximate surface area is 120 Å². The van der Waals surface area contributed by atoms with Gasteiger partial charge in [-0.2, -0.15) is 32.3 Å². The molecule has 11 heteroatoms. The van der Waals surface area contributed by atoms with Crippen LogP contribution >= 0.6 is 0 Å². The van der Waals surface area contributed by atoms with Gasteiger partial charge in [-0.05, 0) is 0 Å². The third-order valence-electron chi connectivity index (χ3n) is 2.41. The highest BCUT2D eigenvalue weighted by Gasteiger charge is 2.42. The van der Waals surface area contributed by atoms with E-state index in [4.69, 9.17) is 4.74 Å². The molecule has 0 amide bonds. The highest BCUT2D eigenvalue weighted by Crippen LogP contribution is 2.28. The van der Waals surface area contributed by atoms with Crippen molar-refractivity contribution in [3.8, 4) is 11.7 Å². The molecule has 118 valence electrons. The van der Waals surface area contributed by atoms with Crippen molar-refractivity contribution in [1.29, 1.82) is 0 Å². The first kappa shape index (κ1) is 15.8. The van der Waals surface area contributed by atoms with Gasteiger partial charge in [0.05, 0.1) is 0 Å². The third-order valence-corrected chi connectivity index (χ3v) is 2.41. The van der Waals surface area contributed by atoms with Crippen LogP contribution in [-0.2, 0) is 0 Å². The fourth-order valence-electron chi connectivity index (χ4n) is 1.39. The predicted molar refractivity (Wildman–Crippen MR) is 62.5 cm³/mol. The number of hydrogen-bond donors (Lipinski definition) is 0.